The molecule has 23 heavy (non-hydrogen) atoms. The van der Waals surface area contributed by atoms with Crippen molar-refractivity contribution in [2.24, 2.45) is 0 Å². The van der Waals surface area contributed by atoms with Crippen molar-refractivity contribution in [1.82, 2.24) is 10.2 Å². The Labute approximate surface area is 148 Å². The van der Waals surface area contributed by atoms with Gasteiger partial charge >= 0.3 is 5.97 Å². The fourth-order valence-electron chi connectivity index (χ4n) is 2.60. The summed E-state index contributed by atoms with van der Waals surface area (Å²) >= 11 is 1.91. The molecule has 7 heteroatoms. The van der Waals surface area contributed by atoms with Crippen molar-refractivity contribution in [2.45, 2.75) is 25.3 Å². The van der Waals surface area contributed by atoms with Crippen LogP contribution in [0.25, 0.3) is 0 Å². The lowest BCUT2D eigenvalue weighted by atomic mass is 10.1. The van der Waals surface area contributed by atoms with E-state index in [0.717, 1.165) is 12.0 Å². The summed E-state index contributed by atoms with van der Waals surface area (Å²) in [5.41, 5.74) is 0.925. The molecular weight excluding hydrogens is 411 g/mol. The normalized spacial score (nSPS) is 16.9. The summed E-state index contributed by atoms with van der Waals surface area (Å²) in [6.07, 6.45) is 1.69. The summed E-state index contributed by atoms with van der Waals surface area (Å²) in [6.45, 7) is 0.404. The minimum absolute atomic E-state index is 0.0660. The maximum absolute atomic E-state index is 12.4. The Bertz CT molecular complexity index is 564. The van der Waals surface area contributed by atoms with Gasteiger partial charge in [-0.3, -0.25) is 14.4 Å². The summed E-state index contributed by atoms with van der Waals surface area (Å²) in [6, 6.07) is 8.95. The molecule has 6 nitrogen and oxygen atoms in total. The van der Waals surface area contributed by atoms with E-state index in [-0.39, 0.29) is 29.4 Å². The molecule has 1 atom stereocenters. The summed E-state index contributed by atoms with van der Waals surface area (Å²) in [5.74, 6) is -0.842. The quantitative estimate of drug-likeness (QED) is 0.419. The largest absolute Gasteiger partial charge is 0.454 e. The predicted molar refractivity (Wildman–Crippen MR) is 92.9 cm³/mol. The van der Waals surface area contributed by atoms with E-state index in [1.165, 1.54) is 0 Å². The number of nitrogens with zero attached hydrogens (tertiary/aromatic N) is 1. The first-order valence-electron chi connectivity index (χ1n) is 7.44. The first-order valence-corrected chi connectivity index (χ1v) is 8.97. The van der Waals surface area contributed by atoms with Crippen molar-refractivity contribution in [3.63, 3.8) is 0 Å². The monoisotopic (exact) mass is 430 g/mol. The van der Waals surface area contributed by atoms with E-state index in [0.29, 0.717) is 13.0 Å². The molecule has 0 unspecified atom stereocenters. The van der Waals surface area contributed by atoms with Gasteiger partial charge in [-0.1, -0.05) is 30.3 Å². The molecular formula is C16H19IN2O4. The van der Waals surface area contributed by atoms with Gasteiger partial charge in [0, 0.05) is 6.54 Å². The molecule has 0 aromatic heterocycles. The number of halogens is 1. The summed E-state index contributed by atoms with van der Waals surface area (Å²) in [7, 11) is 0. The van der Waals surface area contributed by atoms with Crippen molar-refractivity contribution in [3.8, 4) is 0 Å². The number of carbonyl (C=O) groups is 3. The van der Waals surface area contributed by atoms with Crippen LogP contribution < -0.4 is 5.32 Å². The number of rotatable bonds is 6. The van der Waals surface area contributed by atoms with Gasteiger partial charge in [0.05, 0.1) is 6.42 Å². The minimum atomic E-state index is -0.501. The van der Waals surface area contributed by atoms with Gasteiger partial charge in [0.2, 0.25) is 11.8 Å². The molecule has 124 valence electrons. The number of nitrogens with one attached hydrogen (secondary N) is 1. The highest BCUT2D eigenvalue weighted by Gasteiger charge is 2.33. The first kappa shape index (κ1) is 17.7. The van der Waals surface area contributed by atoms with Crippen LogP contribution in [0.2, 0.25) is 0 Å². The second kappa shape index (κ2) is 8.85. The van der Waals surface area contributed by atoms with Gasteiger partial charge in [-0.2, -0.15) is 0 Å². The molecule has 1 heterocycles. The van der Waals surface area contributed by atoms with Gasteiger partial charge in [-0.05, 0) is 41.0 Å². The molecule has 1 aromatic carbocycles. The smallest absolute Gasteiger partial charge is 0.326 e. The zero-order chi connectivity index (χ0) is 16.7. The highest BCUT2D eigenvalue weighted by molar-refractivity contribution is 14.1. The molecule has 0 radical (unpaired) electrons. The lowest BCUT2D eigenvalue weighted by molar-refractivity contribution is -0.142. The van der Waals surface area contributed by atoms with Crippen molar-refractivity contribution in [1.29, 1.82) is 0 Å². The molecule has 1 aliphatic heterocycles. The number of likely N-dealkylation sites (tertiary alicyclic amines) is 1. The van der Waals surface area contributed by atoms with Gasteiger partial charge < -0.3 is 15.0 Å². The zero-order valence-electron chi connectivity index (χ0n) is 12.7. The molecule has 0 spiro atoms. The maximum atomic E-state index is 12.4. The Morgan fingerprint density at radius 2 is 2.00 bits per heavy atom. The van der Waals surface area contributed by atoms with Gasteiger partial charge in [0.15, 0.2) is 0 Å². The topological polar surface area (TPSA) is 75.7 Å². The van der Waals surface area contributed by atoms with E-state index in [9.17, 15) is 14.4 Å². The zero-order valence-corrected chi connectivity index (χ0v) is 14.8. The molecule has 0 aliphatic carbocycles. The maximum Gasteiger partial charge on any atom is 0.326 e. The Balaban J connectivity index is 1.90. The lowest BCUT2D eigenvalue weighted by Gasteiger charge is -2.24. The van der Waals surface area contributed by atoms with Crippen LogP contribution in [0.15, 0.2) is 30.3 Å². The van der Waals surface area contributed by atoms with Gasteiger partial charge in [-0.15, -0.1) is 0 Å². The molecule has 2 amide bonds. The third kappa shape index (κ3) is 5.19. The summed E-state index contributed by atoms with van der Waals surface area (Å²) in [4.78, 5) is 37.5. The van der Waals surface area contributed by atoms with E-state index in [4.69, 9.17) is 4.74 Å². The first-order chi connectivity index (χ1) is 11.1. The standard InChI is InChI=1S/C16H19IN2O4/c17-11-23-15(21)10-18-16(22)13-7-4-8-19(13)14(20)9-12-5-2-1-3-6-12/h1-3,5-6,13H,4,7-11H2,(H,18,22)/t13-/m0/s1. The van der Waals surface area contributed by atoms with Crippen molar-refractivity contribution < 1.29 is 19.1 Å². The van der Waals surface area contributed by atoms with E-state index in [1.807, 2.05) is 52.9 Å². The number of esters is 1. The SMILES string of the molecule is O=C(CNC(=O)[C@@H]1CCCN1C(=O)Cc1ccccc1)OCI. The third-order valence-electron chi connectivity index (χ3n) is 3.70. The molecule has 1 saturated heterocycles. The van der Waals surface area contributed by atoms with Crippen LogP contribution in [0.5, 0.6) is 0 Å². The van der Waals surface area contributed by atoms with Gasteiger partial charge in [-0.25, -0.2) is 0 Å². The van der Waals surface area contributed by atoms with Crippen LogP contribution in [0.4, 0.5) is 0 Å². The van der Waals surface area contributed by atoms with Crippen molar-refractivity contribution in [3.05, 3.63) is 35.9 Å². The van der Waals surface area contributed by atoms with Crippen LogP contribution in [-0.4, -0.2) is 46.4 Å². The molecule has 1 N–H and O–H groups in total. The molecule has 1 fully saturated rings. The fraction of sp³-hybridized carbons (Fsp3) is 0.438. The molecule has 0 saturated carbocycles. The summed E-state index contributed by atoms with van der Waals surface area (Å²) < 4.78 is 5.01. The Morgan fingerprint density at radius 3 is 2.70 bits per heavy atom. The van der Waals surface area contributed by atoms with E-state index in [2.05, 4.69) is 5.32 Å². The fourth-order valence-corrected chi connectivity index (χ4v) is 2.95. The molecule has 1 aromatic rings. The number of hydrogen-bond acceptors (Lipinski definition) is 4. The van der Waals surface area contributed by atoms with Crippen LogP contribution in [0.3, 0.4) is 0 Å². The number of ether oxygens (including phenoxy) is 1. The molecule has 0 bridgehead atoms. The second-order valence-electron chi connectivity index (χ2n) is 5.25. The highest BCUT2D eigenvalue weighted by Crippen LogP contribution is 2.19. The van der Waals surface area contributed by atoms with E-state index < -0.39 is 12.0 Å². The number of amides is 2. The van der Waals surface area contributed by atoms with Crippen LogP contribution >= 0.6 is 22.6 Å². The summed E-state index contributed by atoms with van der Waals surface area (Å²) in [5, 5.41) is 2.55. The van der Waals surface area contributed by atoms with Gasteiger partial charge in [0.1, 0.15) is 17.2 Å². The van der Waals surface area contributed by atoms with Crippen LogP contribution in [0.1, 0.15) is 18.4 Å². The average molecular weight is 430 g/mol. The van der Waals surface area contributed by atoms with Crippen LogP contribution in [0, 0.1) is 0 Å². The molecule has 1 aliphatic rings. The van der Waals surface area contributed by atoms with E-state index in [1.54, 1.807) is 4.90 Å². The van der Waals surface area contributed by atoms with Crippen molar-refractivity contribution in [2.75, 3.05) is 17.7 Å². The minimum Gasteiger partial charge on any atom is -0.454 e. The predicted octanol–water partition coefficient (Wildman–Crippen LogP) is 1.27. The molecule has 2 rings (SSSR count). The average Bonchev–Trinajstić information content (AvgIpc) is 3.03. The third-order valence-corrected chi connectivity index (χ3v) is 4.01. The second-order valence-corrected chi connectivity index (χ2v) is 5.87. The number of hydrogen-bond donors (Lipinski definition) is 1. The number of benzene rings is 1. The lowest BCUT2D eigenvalue weighted by Crippen LogP contribution is -2.47. The van der Waals surface area contributed by atoms with Crippen LogP contribution in [-0.2, 0) is 25.5 Å². The van der Waals surface area contributed by atoms with E-state index >= 15 is 0 Å². The number of alkyl halides is 1. The Morgan fingerprint density at radius 1 is 1.26 bits per heavy atom. The number of carbonyl (C=O) groups excluding carboxylic acids is 3. The Hall–Kier alpha value is -1.64. The Kier molecular flexibility index (Phi) is 6.82. The van der Waals surface area contributed by atoms with Gasteiger partial charge in [0.25, 0.3) is 0 Å². The van der Waals surface area contributed by atoms with Crippen molar-refractivity contribution >= 4 is 40.4 Å². The highest BCUT2D eigenvalue weighted by atomic mass is 127.